The van der Waals surface area contributed by atoms with Gasteiger partial charge in [0.25, 0.3) is 0 Å². The van der Waals surface area contributed by atoms with Crippen LogP contribution >= 0.6 is 0 Å². The molecular weight excluding hydrogens is 354 g/mol. The van der Waals surface area contributed by atoms with Crippen LogP contribution in [0.4, 0.5) is 17.6 Å². The van der Waals surface area contributed by atoms with Crippen LogP contribution in [0.15, 0.2) is 65.9 Å². The molecule has 2 heterocycles. The largest absolute Gasteiger partial charge is 0.508 e. The predicted molar refractivity (Wildman–Crippen MR) is 111 cm³/mol. The summed E-state index contributed by atoms with van der Waals surface area (Å²) in [5, 5.41) is 14.8. The fraction of sp³-hybridized carbons (Fsp3) is 0.0500. The van der Waals surface area contributed by atoms with Gasteiger partial charge >= 0.3 is 0 Å². The number of phenolic OH excluding ortho intramolecular Hbond substituents is 1. The van der Waals surface area contributed by atoms with E-state index >= 15 is 0 Å². The van der Waals surface area contributed by atoms with Gasteiger partial charge < -0.3 is 21.1 Å². The van der Waals surface area contributed by atoms with E-state index in [2.05, 4.69) is 31.1 Å². The van der Waals surface area contributed by atoms with Crippen molar-refractivity contribution >= 4 is 34.7 Å². The van der Waals surface area contributed by atoms with Gasteiger partial charge in [0.1, 0.15) is 11.6 Å². The van der Waals surface area contributed by atoms with Gasteiger partial charge in [0.15, 0.2) is 5.82 Å². The number of benzene rings is 2. The maximum Gasteiger partial charge on any atom is 0.223 e. The average molecular weight is 373 g/mol. The highest BCUT2D eigenvalue weighted by atomic mass is 16.3. The Labute approximate surface area is 161 Å². The number of para-hydroxylation sites is 1. The number of phenols is 1. The van der Waals surface area contributed by atoms with Gasteiger partial charge in [0.2, 0.25) is 5.95 Å². The summed E-state index contributed by atoms with van der Waals surface area (Å²) in [6, 6.07) is 16.8. The molecule has 0 aliphatic carbocycles. The second-order valence-electron chi connectivity index (χ2n) is 6.30. The molecule has 0 spiro atoms. The van der Waals surface area contributed by atoms with Crippen LogP contribution in [0.1, 0.15) is 11.1 Å². The predicted octanol–water partition coefficient (Wildman–Crippen LogP) is 2.80. The van der Waals surface area contributed by atoms with Crippen molar-refractivity contribution in [2.45, 2.75) is 6.54 Å². The zero-order chi connectivity index (χ0) is 19.5. The first-order valence-corrected chi connectivity index (χ1v) is 8.63. The molecule has 0 bridgehead atoms. The van der Waals surface area contributed by atoms with Crippen molar-refractivity contribution in [2.24, 2.45) is 5.10 Å². The first-order valence-electron chi connectivity index (χ1n) is 8.63. The van der Waals surface area contributed by atoms with E-state index in [1.807, 2.05) is 36.5 Å². The summed E-state index contributed by atoms with van der Waals surface area (Å²) in [6.45, 7) is 0.682. The Morgan fingerprint density at radius 2 is 1.86 bits per heavy atom. The topological polar surface area (TPSA) is 127 Å². The van der Waals surface area contributed by atoms with Gasteiger partial charge in [0, 0.05) is 35.3 Å². The van der Waals surface area contributed by atoms with Crippen LogP contribution in [0.3, 0.4) is 0 Å². The number of aromatic nitrogens is 3. The first kappa shape index (κ1) is 17.3. The lowest BCUT2D eigenvalue weighted by molar-refractivity contribution is 0.475. The highest BCUT2D eigenvalue weighted by molar-refractivity contribution is 5.99. The molecule has 8 nitrogen and oxygen atoms in total. The smallest absolute Gasteiger partial charge is 0.223 e. The summed E-state index contributed by atoms with van der Waals surface area (Å²) in [4.78, 5) is 7.86. The monoisotopic (exact) mass is 373 g/mol. The van der Waals surface area contributed by atoms with Crippen LogP contribution in [-0.4, -0.2) is 25.9 Å². The van der Waals surface area contributed by atoms with Gasteiger partial charge in [-0.15, -0.1) is 0 Å². The molecule has 4 aromatic rings. The Morgan fingerprint density at radius 3 is 2.64 bits per heavy atom. The van der Waals surface area contributed by atoms with Crippen molar-refractivity contribution < 1.29 is 5.11 Å². The van der Waals surface area contributed by atoms with Crippen molar-refractivity contribution in [3.8, 4) is 5.75 Å². The summed E-state index contributed by atoms with van der Waals surface area (Å²) in [7, 11) is 0. The minimum Gasteiger partial charge on any atom is -0.508 e. The van der Waals surface area contributed by atoms with E-state index in [-0.39, 0.29) is 17.5 Å². The maximum absolute atomic E-state index is 9.47. The molecule has 28 heavy (non-hydrogen) atoms. The SMILES string of the molecule is Nc1cc(N/N=C/c2cn(Cc3ccc(O)cc3)c3ccccc23)nc(N)n1. The zero-order valence-electron chi connectivity index (χ0n) is 14.9. The second-order valence-corrected chi connectivity index (χ2v) is 6.30. The normalized spacial score (nSPS) is 11.3. The highest BCUT2D eigenvalue weighted by Crippen LogP contribution is 2.22. The van der Waals surface area contributed by atoms with E-state index in [1.54, 1.807) is 24.4 Å². The zero-order valence-corrected chi connectivity index (χ0v) is 14.9. The molecule has 2 aromatic carbocycles. The summed E-state index contributed by atoms with van der Waals surface area (Å²) >= 11 is 0. The van der Waals surface area contributed by atoms with Crippen molar-refractivity contribution in [3.63, 3.8) is 0 Å². The molecule has 0 fully saturated rings. The number of hydrogen-bond acceptors (Lipinski definition) is 7. The van der Waals surface area contributed by atoms with E-state index in [1.165, 1.54) is 0 Å². The van der Waals surface area contributed by atoms with Crippen LogP contribution in [0, 0.1) is 0 Å². The third-order valence-corrected chi connectivity index (χ3v) is 4.25. The molecule has 0 saturated carbocycles. The molecule has 0 radical (unpaired) electrons. The van der Waals surface area contributed by atoms with Crippen LogP contribution in [-0.2, 0) is 6.54 Å². The third-order valence-electron chi connectivity index (χ3n) is 4.25. The number of hydrazone groups is 1. The number of anilines is 3. The Kier molecular flexibility index (Phi) is 4.51. The molecule has 0 amide bonds. The van der Waals surface area contributed by atoms with E-state index in [9.17, 15) is 5.11 Å². The van der Waals surface area contributed by atoms with Crippen molar-refractivity contribution in [2.75, 3.05) is 16.9 Å². The highest BCUT2D eigenvalue weighted by Gasteiger charge is 2.07. The molecule has 0 unspecified atom stereocenters. The van der Waals surface area contributed by atoms with Crippen LogP contribution in [0.5, 0.6) is 5.75 Å². The van der Waals surface area contributed by atoms with E-state index in [0.717, 1.165) is 22.0 Å². The van der Waals surface area contributed by atoms with E-state index < -0.39 is 0 Å². The van der Waals surface area contributed by atoms with Gasteiger partial charge in [-0.05, 0) is 23.8 Å². The van der Waals surface area contributed by atoms with Gasteiger partial charge in [-0.2, -0.15) is 15.1 Å². The average Bonchev–Trinajstić information content (AvgIpc) is 3.01. The number of rotatable bonds is 5. The number of hydrogen-bond donors (Lipinski definition) is 4. The lowest BCUT2D eigenvalue weighted by Crippen LogP contribution is -2.02. The van der Waals surface area contributed by atoms with Gasteiger partial charge in [-0.1, -0.05) is 30.3 Å². The van der Waals surface area contributed by atoms with Crippen LogP contribution < -0.4 is 16.9 Å². The van der Waals surface area contributed by atoms with E-state index in [4.69, 9.17) is 11.5 Å². The fourth-order valence-electron chi connectivity index (χ4n) is 3.02. The number of nitrogens with one attached hydrogen (secondary N) is 1. The van der Waals surface area contributed by atoms with Crippen LogP contribution in [0.25, 0.3) is 10.9 Å². The Morgan fingerprint density at radius 1 is 1.07 bits per heavy atom. The minimum absolute atomic E-state index is 0.0863. The lowest BCUT2D eigenvalue weighted by atomic mass is 10.2. The van der Waals surface area contributed by atoms with Crippen molar-refractivity contribution in [1.82, 2.24) is 14.5 Å². The molecule has 140 valence electrons. The second kappa shape index (κ2) is 7.28. The Balaban J connectivity index is 1.61. The number of fused-ring (bicyclic) bond motifs is 1. The molecule has 8 heteroatoms. The quantitative estimate of drug-likeness (QED) is 0.315. The number of nitrogens with zero attached hydrogens (tertiary/aromatic N) is 4. The molecule has 0 aliphatic heterocycles. The van der Waals surface area contributed by atoms with E-state index in [0.29, 0.717) is 12.4 Å². The van der Waals surface area contributed by atoms with Gasteiger partial charge in [-0.3, -0.25) is 5.43 Å². The standard InChI is InChI=1S/C20H19N7O/c21-18-9-19(25-20(22)24-18)26-23-10-14-12-27(17-4-2-1-3-16(14)17)11-13-5-7-15(28)8-6-13/h1-10,12,28H,11H2,(H5,21,22,24,25,26)/b23-10+. The van der Waals surface area contributed by atoms with Gasteiger partial charge in [0.05, 0.1) is 6.21 Å². The fourth-order valence-corrected chi connectivity index (χ4v) is 3.02. The molecule has 2 aromatic heterocycles. The summed E-state index contributed by atoms with van der Waals surface area (Å²) in [5.74, 6) is 1.04. The summed E-state index contributed by atoms with van der Waals surface area (Å²) in [6.07, 6.45) is 3.76. The number of nitrogen functional groups attached to an aromatic ring is 2. The van der Waals surface area contributed by atoms with Gasteiger partial charge in [-0.25, -0.2) is 0 Å². The van der Waals surface area contributed by atoms with Crippen molar-refractivity contribution in [3.05, 3.63) is 71.9 Å². The van der Waals surface area contributed by atoms with Crippen molar-refractivity contribution in [1.29, 1.82) is 0 Å². The van der Waals surface area contributed by atoms with Crippen LogP contribution in [0.2, 0.25) is 0 Å². The molecular formula is C20H19N7O. The number of nitrogens with two attached hydrogens (primary N) is 2. The molecule has 0 aliphatic rings. The summed E-state index contributed by atoms with van der Waals surface area (Å²) < 4.78 is 2.14. The Hall–Kier alpha value is -4.07. The molecule has 0 atom stereocenters. The minimum atomic E-state index is 0.0863. The maximum atomic E-state index is 9.47. The molecule has 4 rings (SSSR count). The Bertz CT molecular complexity index is 1130. The lowest BCUT2D eigenvalue weighted by Gasteiger charge is -2.05. The third kappa shape index (κ3) is 3.70. The molecule has 6 N–H and O–H groups in total. The number of aromatic hydroxyl groups is 1. The summed E-state index contributed by atoms with van der Waals surface area (Å²) in [5.41, 5.74) is 17.2. The molecule has 0 saturated heterocycles. The first-order chi connectivity index (χ1) is 13.6.